The predicted octanol–water partition coefficient (Wildman–Crippen LogP) is 5.69. The fourth-order valence-corrected chi connectivity index (χ4v) is 2.54. The van der Waals surface area contributed by atoms with Crippen LogP contribution in [0.2, 0.25) is 15.1 Å². The molecule has 0 aliphatic carbocycles. The lowest BCUT2D eigenvalue weighted by atomic mass is 10.1. The summed E-state index contributed by atoms with van der Waals surface area (Å²) in [6.45, 7) is 1.94. The lowest BCUT2D eigenvalue weighted by Gasteiger charge is -2.18. The van der Waals surface area contributed by atoms with Gasteiger partial charge in [-0.3, -0.25) is 0 Å². The Hall–Kier alpha value is -1.40. The highest BCUT2D eigenvalue weighted by Gasteiger charge is 2.13. The zero-order valence-corrected chi connectivity index (χ0v) is 12.9. The summed E-state index contributed by atoms with van der Waals surface area (Å²) in [7, 11) is 0. The van der Waals surface area contributed by atoms with E-state index in [-0.39, 0.29) is 6.04 Å². The van der Waals surface area contributed by atoms with Crippen molar-refractivity contribution < 1.29 is 0 Å². The van der Waals surface area contributed by atoms with Crippen LogP contribution in [0, 0.1) is 11.3 Å². The molecule has 20 heavy (non-hydrogen) atoms. The normalized spacial score (nSPS) is 11.8. The van der Waals surface area contributed by atoms with Gasteiger partial charge in [0.15, 0.2) is 0 Å². The van der Waals surface area contributed by atoms with Crippen LogP contribution >= 0.6 is 34.8 Å². The monoisotopic (exact) mass is 324 g/mol. The predicted molar refractivity (Wildman–Crippen MR) is 84.7 cm³/mol. The molecule has 0 spiro atoms. The van der Waals surface area contributed by atoms with E-state index < -0.39 is 0 Å². The number of hydrogen-bond donors (Lipinski definition) is 1. The highest BCUT2D eigenvalue weighted by Crippen LogP contribution is 2.32. The molecule has 0 saturated heterocycles. The van der Waals surface area contributed by atoms with Gasteiger partial charge in [-0.15, -0.1) is 0 Å². The molecule has 2 aromatic carbocycles. The lowest BCUT2D eigenvalue weighted by molar-refractivity contribution is 0.884. The minimum Gasteiger partial charge on any atom is -0.377 e. The Morgan fingerprint density at radius 3 is 2.60 bits per heavy atom. The van der Waals surface area contributed by atoms with E-state index in [2.05, 4.69) is 11.4 Å². The van der Waals surface area contributed by atoms with E-state index in [0.717, 1.165) is 5.56 Å². The summed E-state index contributed by atoms with van der Waals surface area (Å²) in [6, 6.07) is 12.6. The number of anilines is 1. The molecular formula is C15H11Cl3N2. The maximum Gasteiger partial charge on any atom is 0.101 e. The SMILES string of the molecule is CC(Nc1cc(Cl)ccc1C#N)c1cccc(Cl)c1Cl. The fraction of sp³-hybridized carbons (Fsp3) is 0.133. The Labute approximate surface area is 132 Å². The van der Waals surface area contributed by atoms with E-state index in [1.165, 1.54) is 0 Å². The molecular weight excluding hydrogens is 315 g/mol. The van der Waals surface area contributed by atoms with Gasteiger partial charge in [-0.25, -0.2) is 0 Å². The van der Waals surface area contributed by atoms with E-state index in [9.17, 15) is 0 Å². The van der Waals surface area contributed by atoms with Crippen LogP contribution in [0.25, 0.3) is 0 Å². The fourth-order valence-electron chi connectivity index (χ4n) is 1.90. The highest BCUT2D eigenvalue weighted by molar-refractivity contribution is 6.42. The Bertz CT molecular complexity index is 677. The molecule has 0 aromatic heterocycles. The molecule has 0 radical (unpaired) electrons. The third-order valence-electron chi connectivity index (χ3n) is 2.92. The van der Waals surface area contributed by atoms with Gasteiger partial charge in [0, 0.05) is 5.02 Å². The molecule has 1 N–H and O–H groups in total. The van der Waals surface area contributed by atoms with Crippen LogP contribution in [0.4, 0.5) is 5.69 Å². The molecule has 0 aliphatic rings. The minimum absolute atomic E-state index is 0.105. The molecule has 0 saturated carbocycles. The Kier molecular flexibility index (Phi) is 4.77. The van der Waals surface area contributed by atoms with Crippen LogP contribution < -0.4 is 5.32 Å². The topological polar surface area (TPSA) is 35.8 Å². The molecule has 0 fully saturated rings. The Morgan fingerprint density at radius 1 is 1.15 bits per heavy atom. The molecule has 2 aromatic rings. The lowest BCUT2D eigenvalue weighted by Crippen LogP contribution is -2.08. The molecule has 2 nitrogen and oxygen atoms in total. The maximum absolute atomic E-state index is 9.11. The molecule has 2 rings (SSSR count). The zero-order valence-electron chi connectivity index (χ0n) is 10.6. The summed E-state index contributed by atoms with van der Waals surface area (Å²) in [6.07, 6.45) is 0. The van der Waals surface area contributed by atoms with Gasteiger partial charge < -0.3 is 5.32 Å². The average molecular weight is 326 g/mol. The first kappa shape index (κ1) is 15.0. The second-order valence-corrected chi connectivity index (χ2v) is 5.53. The highest BCUT2D eigenvalue weighted by atomic mass is 35.5. The zero-order chi connectivity index (χ0) is 14.7. The van der Waals surface area contributed by atoms with Crippen LogP contribution in [-0.2, 0) is 0 Å². The van der Waals surface area contributed by atoms with E-state index in [0.29, 0.717) is 26.3 Å². The summed E-state index contributed by atoms with van der Waals surface area (Å²) in [5, 5.41) is 13.9. The van der Waals surface area contributed by atoms with Crippen LogP contribution in [0.15, 0.2) is 36.4 Å². The maximum atomic E-state index is 9.11. The van der Waals surface area contributed by atoms with Gasteiger partial charge in [0.25, 0.3) is 0 Å². The number of nitrogens with one attached hydrogen (secondary N) is 1. The summed E-state index contributed by atoms with van der Waals surface area (Å²) in [5.41, 5.74) is 2.06. The quantitative estimate of drug-likeness (QED) is 0.786. The number of halogens is 3. The number of nitriles is 1. The Balaban J connectivity index is 2.33. The van der Waals surface area contributed by atoms with Crippen LogP contribution in [0.3, 0.4) is 0 Å². The first-order chi connectivity index (χ1) is 9.52. The molecule has 5 heteroatoms. The van der Waals surface area contributed by atoms with Crippen molar-refractivity contribution in [2.45, 2.75) is 13.0 Å². The molecule has 102 valence electrons. The number of rotatable bonds is 3. The summed E-state index contributed by atoms with van der Waals surface area (Å²) < 4.78 is 0. The van der Waals surface area contributed by atoms with Crippen molar-refractivity contribution in [2.24, 2.45) is 0 Å². The van der Waals surface area contributed by atoms with Gasteiger partial charge in [0.1, 0.15) is 6.07 Å². The minimum atomic E-state index is -0.105. The second kappa shape index (κ2) is 6.37. The number of nitrogens with zero attached hydrogens (tertiary/aromatic N) is 1. The largest absolute Gasteiger partial charge is 0.377 e. The third-order valence-corrected chi connectivity index (χ3v) is 3.99. The van der Waals surface area contributed by atoms with Crippen LogP contribution in [-0.4, -0.2) is 0 Å². The van der Waals surface area contributed by atoms with Gasteiger partial charge in [-0.2, -0.15) is 5.26 Å². The summed E-state index contributed by atoms with van der Waals surface area (Å²) >= 11 is 18.2. The molecule has 1 unspecified atom stereocenters. The van der Waals surface area contributed by atoms with Gasteiger partial charge in [0.05, 0.1) is 27.3 Å². The van der Waals surface area contributed by atoms with Gasteiger partial charge in [-0.05, 0) is 36.8 Å². The first-order valence-electron chi connectivity index (χ1n) is 5.93. The molecule has 0 heterocycles. The van der Waals surface area contributed by atoms with Gasteiger partial charge in [-0.1, -0.05) is 46.9 Å². The number of hydrogen-bond acceptors (Lipinski definition) is 2. The standard InChI is InChI=1S/C15H11Cl3N2/c1-9(12-3-2-4-13(17)15(12)18)20-14-7-11(16)6-5-10(14)8-19/h2-7,9,20H,1H3. The molecule has 0 amide bonds. The van der Waals surface area contributed by atoms with Crippen molar-refractivity contribution in [2.75, 3.05) is 5.32 Å². The van der Waals surface area contributed by atoms with Crippen molar-refractivity contribution in [3.8, 4) is 6.07 Å². The summed E-state index contributed by atoms with van der Waals surface area (Å²) in [5.74, 6) is 0. The van der Waals surface area contributed by atoms with Crippen molar-refractivity contribution in [3.63, 3.8) is 0 Å². The van der Waals surface area contributed by atoms with E-state index in [1.807, 2.05) is 19.1 Å². The van der Waals surface area contributed by atoms with Crippen LogP contribution in [0.1, 0.15) is 24.1 Å². The molecule has 1 atom stereocenters. The average Bonchev–Trinajstić information content (AvgIpc) is 2.42. The van der Waals surface area contributed by atoms with E-state index in [4.69, 9.17) is 40.1 Å². The summed E-state index contributed by atoms with van der Waals surface area (Å²) in [4.78, 5) is 0. The van der Waals surface area contributed by atoms with Gasteiger partial charge in [0.2, 0.25) is 0 Å². The smallest absolute Gasteiger partial charge is 0.101 e. The number of benzene rings is 2. The third kappa shape index (κ3) is 3.19. The second-order valence-electron chi connectivity index (χ2n) is 4.31. The molecule has 0 bridgehead atoms. The van der Waals surface area contributed by atoms with Crippen molar-refractivity contribution in [1.82, 2.24) is 0 Å². The first-order valence-corrected chi connectivity index (χ1v) is 7.06. The van der Waals surface area contributed by atoms with E-state index in [1.54, 1.807) is 24.3 Å². The van der Waals surface area contributed by atoms with Gasteiger partial charge >= 0.3 is 0 Å². The van der Waals surface area contributed by atoms with E-state index >= 15 is 0 Å². The molecule has 0 aliphatic heterocycles. The van der Waals surface area contributed by atoms with Crippen molar-refractivity contribution in [1.29, 1.82) is 5.26 Å². The van der Waals surface area contributed by atoms with Crippen molar-refractivity contribution >= 4 is 40.5 Å². The Morgan fingerprint density at radius 2 is 1.90 bits per heavy atom. The van der Waals surface area contributed by atoms with Crippen molar-refractivity contribution in [3.05, 3.63) is 62.6 Å². The van der Waals surface area contributed by atoms with Crippen LogP contribution in [0.5, 0.6) is 0 Å².